The van der Waals surface area contributed by atoms with Crippen LogP contribution < -0.4 is 21.9 Å². The Morgan fingerprint density at radius 2 is 1.74 bits per heavy atom. The SMILES string of the molecule is CC(C)[C@H](NC(=O)[C@H](Cc1ccccc1)NC(=O)OC(C)(C)CC1CCC1)C(=O)NN. The van der Waals surface area contributed by atoms with Crippen molar-refractivity contribution in [3.63, 3.8) is 0 Å². The highest BCUT2D eigenvalue weighted by atomic mass is 16.6. The lowest BCUT2D eigenvalue weighted by molar-refractivity contribution is -0.131. The Hall–Kier alpha value is -2.61. The zero-order chi connectivity index (χ0) is 23.0. The number of benzene rings is 1. The van der Waals surface area contributed by atoms with E-state index in [4.69, 9.17) is 10.6 Å². The lowest BCUT2D eigenvalue weighted by atomic mass is 9.78. The van der Waals surface area contributed by atoms with Crippen molar-refractivity contribution in [2.24, 2.45) is 17.7 Å². The summed E-state index contributed by atoms with van der Waals surface area (Å²) in [5.74, 6) is 4.68. The van der Waals surface area contributed by atoms with E-state index in [1.54, 1.807) is 13.8 Å². The number of hydrazine groups is 1. The minimum absolute atomic E-state index is 0.182. The first-order chi connectivity index (χ1) is 14.6. The Kier molecular flexibility index (Phi) is 8.86. The molecule has 2 atom stereocenters. The zero-order valence-corrected chi connectivity index (χ0v) is 18.9. The van der Waals surface area contributed by atoms with Crippen LogP contribution >= 0.6 is 0 Å². The summed E-state index contributed by atoms with van der Waals surface area (Å²) < 4.78 is 5.65. The summed E-state index contributed by atoms with van der Waals surface area (Å²) in [4.78, 5) is 37.7. The largest absolute Gasteiger partial charge is 0.444 e. The van der Waals surface area contributed by atoms with Gasteiger partial charge in [0.2, 0.25) is 5.91 Å². The normalized spacial score (nSPS) is 16.1. The van der Waals surface area contributed by atoms with Crippen molar-refractivity contribution in [3.8, 4) is 0 Å². The van der Waals surface area contributed by atoms with Crippen LogP contribution in [0.25, 0.3) is 0 Å². The molecule has 0 aliphatic heterocycles. The van der Waals surface area contributed by atoms with Gasteiger partial charge in [0, 0.05) is 6.42 Å². The molecule has 0 saturated heterocycles. The monoisotopic (exact) mass is 432 g/mol. The summed E-state index contributed by atoms with van der Waals surface area (Å²) in [6.07, 6.45) is 3.95. The Balaban J connectivity index is 2.08. The molecule has 3 amide bonds. The number of rotatable bonds is 10. The van der Waals surface area contributed by atoms with Crippen LogP contribution in [0.5, 0.6) is 0 Å². The lowest BCUT2D eigenvalue weighted by Gasteiger charge is -2.34. The quantitative estimate of drug-likeness (QED) is 0.257. The second kappa shape index (κ2) is 11.1. The van der Waals surface area contributed by atoms with Crippen LogP contribution in [-0.4, -0.2) is 35.6 Å². The zero-order valence-electron chi connectivity index (χ0n) is 18.9. The van der Waals surface area contributed by atoms with Crippen LogP contribution in [0, 0.1) is 11.8 Å². The fourth-order valence-corrected chi connectivity index (χ4v) is 3.79. The van der Waals surface area contributed by atoms with Crippen LogP contribution in [-0.2, 0) is 20.7 Å². The average Bonchev–Trinajstić information content (AvgIpc) is 2.68. The maximum Gasteiger partial charge on any atom is 0.408 e. The van der Waals surface area contributed by atoms with Crippen LogP contribution in [0.15, 0.2) is 30.3 Å². The molecule has 1 saturated carbocycles. The third-order valence-corrected chi connectivity index (χ3v) is 5.65. The van der Waals surface area contributed by atoms with E-state index in [-0.39, 0.29) is 12.3 Å². The fraction of sp³-hybridized carbons (Fsp3) is 0.609. The molecule has 2 rings (SSSR count). The van der Waals surface area contributed by atoms with Gasteiger partial charge in [-0.2, -0.15) is 0 Å². The molecule has 8 nitrogen and oxygen atoms in total. The Bertz CT molecular complexity index is 747. The van der Waals surface area contributed by atoms with Gasteiger partial charge >= 0.3 is 6.09 Å². The molecular formula is C23H36N4O4. The van der Waals surface area contributed by atoms with Gasteiger partial charge in [0.05, 0.1) is 0 Å². The summed E-state index contributed by atoms with van der Waals surface area (Å²) in [7, 11) is 0. The predicted octanol–water partition coefficient (Wildman–Crippen LogP) is 2.42. The molecule has 0 heterocycles. The number of nitrogens with two attached hydrogens (primary N) is 1. The van der Waals surface area contributed by atoms with Crippen molar-refractivity contribution in [2.75, 3.05) is 0 Å². The van der Waals surface area contributed by atoms with E-state index in [0.29, 0.717) is 5.92 Å². The predicted molar refractivity (Wildman–Crippen MR) is 119 cm³/mol. The van der Waals surface area contributed by atoms with E-state index in [1.807, 2.05) is 44.2 Å². The highest BCUT2D eigenvalue weighted by molar-refractivity contribution is 5.91. The average molecular weight is 433 g/mol. The smallest absolute Gasteiger partial charge is 0.408 e. The number of carbonyl (C=O) groups excluding carboxylic acids is 3. The highest BCUT2D eigenvalue weighted by Crippen LogP contribution is 2.34. The van der Waals surface area contributed by atoms with Gasteiger partial charge in [-0.3, -0.25) is 15.0 Å². The van der Waals surface area contributed by atoms with Crippen LogP contribution in [0.1, 0.15) is 58.9 Å². The lowest BCUT2D eigenvalue weighted by Crippen LogP contribution is -2.57. The maximum absolute atomic E-state index is 13.0. The topological polar surface area (TPSA) is 123 Å². The molecule has 1 aliphatic rings. The van der Waals surface area contributed by atoms with Gasteiger partial charge in [0.15, 0.2) is 0 Å². The molecular weight excluding hydrogens is 396 g/mol. The molecule has 0 bridgehead atoms. The molecule has 1 aromatic carbocycles. The van der Waals surface area contributed by atoms with Gasteiger partial charge in [-0.25, -0.2) is 10.6 Å². The van der Waals surface area contributed by atoms with E-state index in [2.05, 4.69) is 16.1 Å². The highest BCUT2D eigenvalue weighted by Gasteiger charge is 2.33. The van der Waals surface area contributed by atoms with Crippen LogP contribution in [0.2, 0.25) is 0 Å². The van der Waals surface area contributed by atoms with Crippen molar-refractivity contribution in [1.82, 2.24) is 16.1 Å². The number of nitrogens with one attached hydrogen (secondary N) is 3. The van der Waals surface area contributed by atoms with Crippen molar-refractivity contribution in [1.29, 1.82) is 0 Å². The summed E-state index contributed by atoms with van der Waals surface area (Å²) in [5, 5.41) is 5.40. The van der Waals surface area contributed by atoms with Gasteiger partial charge in [0.25, 0.3) is 5.91 Å². The number of alkyl carbamates (subject to hydrolysis) is 1. The molecule has 1 aromatic rings. The van der Waals surface area contributed by atoms with Gasteiger partial charge in [0.1, 0.15) is 17.7 Å². The third-order valence-electron chi connectivity index (χ3n) is 5.65. The Morgan fingerprint density at radius 1 is 1.10 bits per heavy atom. The summed E-state index contributed by atoms with van der Waals surface area (Å²) >= 11 is 0. The van der Waals surface area contributed by atoms with Gasteiger partial charge < -0.3 is 15.4 Å². The first kappa shape index (κ1) is 24.7. The van der Waals surface area contributed by atoms with Crippen LogP contribution in [0.4, 0.5) is 4.79 Å². The molecule has 172 valence electrons. The standard InChI is InChI=1S/C23H36N4O4/c1-15(2)19(21(29)27-24)26-20(28)18(13-16-9-6-5-7-10-16)25-22(30)31-23(3,4)14-17-11-8-12-17/h5-7,9-10,15,17-19H,8,11-14,24H2,1-4H3,(H,25,30)(H,26,28)(H,27,29)/t18-,19-/m0/s1. The fourth-order valence-electron chi connectivity index (χ4n) is 3.79. The van der Waals surface area contributed by atoms with Gasteiger partial charge in [-0.05, 0) is 37.7 Å². The van der Waals surface area contributed by atoms with E-state index in [1.165, 1.54) is 6.42 Å². The first-order valence-corrected chi connectivity index (χ1v) is 11.0. The second-order valence-electron chi connectivity index (χ2n) is 9.28. The van der Waals surface area contributed by atoms with Gasteiger partial charge in [-0.1, -0.05) is 63.4 Å². The number of amides is 3. The molecule has 31 heavy (non-hydrogen) atoms. The number of ether oxygens (including phenoxy) is 1. The van der Waals surface area contributed by atoms with Crippen molar-refractivity contribution in [2.45, 2.75) is 77.5 Å². The molecule has 0 unspecified atom stereocenters. The maximum atomic E-state index is 13.0. The Morgan fingerprint density at radius 3 is 2.26 bits per heavy atom. The van der Waals surface area contributed by atoms with Crippen molar-refractivity contribution in [3.05, 3.63) is 35.9 Å². The Labute approximate surface area is 184 Å². The second-order valence-corrected chi connectivity index (χ2v) is 9.28. The number of hydrogen-bond acceptors (Lipinski definition) is 5. The molecule has 0 radical (unpaired) electrons. The van der Waals surface area contributed by atoms with Crippen molar-refractivity contribution < 1.29 is 19.1 Å². The molecule has 0 aromatic heterocycles. The van der Waals surface area contributed by atoms with Crippen molar-refractivity contribution >= 4 is 17.9 Å². The van der Waals surface area contributed by atoms with E-state index in [9.17, 15) is 14.4 Å². The first-order valence-electron chi connectivity index (χ1n) is 11.0. The third kappa shape index (κ3) is 7.86. The minimum Gasteiger partial charge on any atom is -0.444 e. The van der Waals surface area contributed by atoms with E-state index < -0.39 is 35.6 Å². The summed E-state index contributed by atoms with van der Waals surface area (Å²) in [5.41, 5.74) is 2.33. The number of carbonyl (C=O) groups is 3. The summed E-state index contributed by atoms with van der Waals surface area (Å²) in [6, 6.07) is 7.64. The van der Waals surface area contributed by atoms with E-state index in [0.717, 1.165) is 24.8 Å². The van der Waals surface area contributed by atoms with Gasteiger partial charge in [-0.15, -0.1) is 0 Å². The van der Waals surface area contributed by atoms with E-state index >= 15 is 0 Å². The molecule has 1 aliphatic carbocycles. The minimum atomic E-state index is -0.902. The number of hydrogen-bond donors (Lipinski definition) is 4. The molecule has 0 spiro atoms. The summed E-state index contributed by atoms with van der Waals surface area (Å²) in [6.45, 7) is 7.38. The molecule has 8 heteroatoms. The molecule has 5 N–H and O–H groups in total. The van der Waals surface area contributed by atoms with Crippen LogP contribution in [0.3, 0.4) is 0 Å². The molecule has 1 fully saturated rings.